The van der Waals surface area contributed by atoms with E-state index in [1.54, 1.807) is 0 Å². The van der Waals surface area contributed by atoms with Gasteiger partial charge in [0.25, 0.3) is 0 Å². The first-order chi connectivity index (χ1) is 12.9. The predicted molar refractivity (Wildman–Crippen MR) is 104 cm³/mol. The van der Waals surface area contributed by atoms with Crippen LogP contribution >= 0.6 is 0 Å². The summed E-state index contributed by atoms with van der Waals surface area (Å²) in [5.74, 6) is 0.714. The molecule has 7 heteroatoms. The molecular weight excluding hydrogens is 380 g/mol. The van der Waals surface area contributed by atoms with Crippen LogP contribution in [-0.4, -0.2) is 35.6 Å². The second-order valence-corrected chi connectivity index (χ2v) is 11.1. The number of ketones is 1. The largest absolute Gasteiger partial charge is 0.398 e. The highest BCUT2D eigenvalue weighted by molar-refractivity contribution is 7.81. The number of aliphatic hydroxyl groups is 1. The van der Waals surface area contributed by atoms with Crippen LogP contribution in [0.2, 0.25) is 0 Å². The number of carbonyl (C=O) groups is 1. The van der Waals surface area contributed by atoms with Crippen LogP contribution in [0, 0.1) is 28.6 Å². The molecule has 0 saturated heterocycles. The van der Waals surface area contributed by atoms with Gasteiger partial charge in [0.1, 0.15) is 0 Å². The minimum atomic E-state index is -4.73. The Labute approximate surface area is 167 Å². The molecule has 6 nitrogen and oxygen atoms in total. The van der Waals surface area contributed by atoms with Crippen molar-refractivity contribution in [2.45, 2.75) is 83.8 Å². The van der Waals surface area contributed by atoms with Crippen molar-refractivity contribution in [1.29, 1.82) is 0 Å². The summed E-state index contributed by atoms with van der Waals surface area (Å²) in [6.45, 7) is 5.69. The summed E-state index contributed by atoms with van der Waals surface area (Å²) in [4.78, 5) is 12.7. The number of hydrogen-bond acceptors (Lipinski definition) is 5. The van der Waals surface area contributed by atoms with Crippen LogP contribution in [-0.2, 0) is 19.4 Å². The van der Waals surface area contributed by atoms with Crippen molar-refractivity contribution in [2.24, 2.45) is 28.6 Å². The maximum absolute atomic E-state index is 12.7. The molecule has 158 valence electrons. The van der Waals surface area contributed by atoms with Crippen LogP contribution in [0.25, 0.3) is 0 Å². The van der Waals surface area contributed by atoms with Gasteiger partial charge in [0.15, 0.2) is 11.4 Å². The molecule has 0 aliphatic heterocycles. The number of rotatable bonds is 3. The smallest absolute Gasteiger partial charge is 0.393 e. The van der Waals surface area contributed by atoms with Crippen LogP contribution in [0.1, 0.15) is 72.1 Å². The first-order valence-electron chi connectivity index (χ1n) is 10.5. The van der Waals surface area contributed by atoms with Gasteiger partial charge in [-0.2, -0.15) is 8.42 Å². The van der Waals surface area contributed by atoms with Gasteiger partial charge >= 0.3 is 10.4 Å². The maximum Gasteiger partial charge on any atom is 0.398 e. The van der Waals surface area contributed by atoms with E-state index in [1.807, 2.05) is 6.92 Å². The summed E-state index contributed by atoms with van der Waals surface area (Å²) < 4.78 is 37.8. The molecule has 4 aliphatic carbocycles. The van der Waals surface area contributed by atoms with Crippen LogP contribution in [0.4, 0.5) is 0 Å². The molecule has 0 unspecified atom stereocenters. The third-order valence-corrected chi connectivity index (χ3v) is 9.51. The standard InChI is InChI=1S/C21H32O6S/c1-13(22)21(27-28(24,25)26)11-8-18-16-5-4-14-12-15(23)6-9-19(14,2)17(16)7-10-20(18,21)3/h4,15-18,23H,5-12H2,1-3H3,(H,24,25,26)/t15-,16-,17+,18+,19-,20+,21+/m0/s1. The highest BCUT2D eigenvalue weighted by Crippen LogP contribution is 2.68. The molecule has 3 fully saturated rings. The summed E-state index contributed by atoms with van der Waals surface area (Å²) in [5.41, 5.74) is -0.620. The van der Waals surface area contributed by atoms with Gasteiger partial charge in [-0.1, -0.05) is 25.5 Å². The molecule has 0 amide bonds. The first-order valence-corrected chi connectivity index (χ1v) is 11.9. The fourth-order valence-corrected chi connectivity index (χ4v) is 8.34. The minimum absolute atomic E-state index is 0.0782. The van der Waals surface area contributed by atoms with E-state index in [0.29, 0.717) is 24.7 Å². The van der Waals surface area contributed by atoms with Crippen LogP contribution in [0.3, 0.4) is 0 Å². The Morgan fingerprint density at radius 3 is 2.46 bits per heavy atom. The summed E-state index contributed by atoms with van der Waals surface area (Å²) in [6.07, 6.45) is 8.19. The van der Waals surface area contributed by atoms with Crippen molar-refractivity contribution in [3.05, 3.63) is 11.6 Å². The molecule has 4 aliphatic rings. The summed E-state index contributed by atoms with van der Waals surface area (Å²) >= 11 is 0. The number of fused-ring (bicyclic) bond motifs is 5. The van der Waals surface area contributed by atoms with Gasteiger partial charge < -0.3 is 5.11 Å². The number of aliphatic hydroxyl groups excluding tert-OH is 1. The molecule has 28 heavy (non-hydrogen) atoms. The van der Waals surface area contributed by atoms with Crippen LogP contribution in [0.15, 0.2) is 11.6 Å². The molecule has 0 bridgehead atoms. The highest BCUT2D eigenvalue weighted by Gasteiger charge is 2.67. The fraction of sp³-hybridized carbons (Fsp3) is 0.857. The molecule has 7 atom stereocenters. The average molecular weight is 413 g/mol. The van der Waals surface area contributed by atoms with E-state index in [-0.39, 0.29) is 23.2 Å². The van der Waals surface area contributed by atoms with Gasteiger partial charge in [-0.3, -0.25) is 9.35 Å². The lowest BCUT2D eigenvalue weighted by atomic mass is 9.47. The van der Waals surface area contributed by atoms with Crippen molar-refractivity contribution in [3.8, 4) is 0 Å². The third-order valence-electron chi connectivity index (χ3n) is 9.01. The Bertz CT molecular complexity index is 819. The maximum atomic E-state index is 12.7. The van der Waals surface area contributed by atoms with Crippen molar-refractivity contribution in [2.75, 3.05) is 0 Å². The summed E-state index contributed by atoms with van der Waals surface area (Å²) in [7, 11) is -4.73. The van der Waals surface area contributed by atoms with Crippen molar-refractivity contribution in [1.82, 2.24) is 0 Å². The summed E-state index contributed by atoms with van der Waals surface area (Å²) in [6, 6.07) is 0. The molecule has 4 rings (SSSR count). The second kappa shape index (κ2) is 6.37. The molecule has 0 heterocycles. The van der Waals surface area contributed by atoms with E-state index in [1.165, 1.54) is 12.5 Å². The lowest BCUT2D eigenvalue weighted by Gasteiger charge is -2.58. The van der Waals surface area contributed by atoms with E-state index < -0.39 is 21.4 Å². The number of allylic oxidation sites excluding steroid dienone is 1. The SMILES string of the molecule is CC(=O)[C@]1(OS(=O)(=O)O)CC[C@@H]2[C@H]3CC=C4C[C@@H](O)CC[C@]4(C)[C@@H]3CC[C@]21C. The van der Waals surface area contributed by atoms with E-state index >= 15 is 0 Å². The molecular formula is C21H32O6S. The van der Waals surface area contributed by atoms with Gasteiger partial charge in [0.2, 0.25) is 0 Å². The van der Waals surface area contributed by atoms with E-state index in [2.05, 4.69) is 13.0 Å². The normalized spacial score (nSPS) is 48.2. The van der Waals surface area contributed by atoms with Crippen LogP contribution in [0.5, 0.6) is 0 Å². The van der Waals surface area contributed by atoms with Gasteiger partial charge in [-0.15, -0.1) is 0 Å². The zero-order chi connectivity index (χ0) is 20.5. The van der Waals surface area contributed by atoms with Gasteiger partial charge in [-0.25, -0.2) is 4.18 Å². The van der Waals surface area contributed by atoms with Crippen LogP contribution < -0.4 is 0 Å². The predicted octanol–water partition coefficient (Wildman–Crippen LogP) is 3.46. The molecule has 0 aromatic carbocycles. The molecule has 0 aromatic rings. The lowest BCUT2D eigenvalue weighted by molar-refractivity contribution is -0.153. The Morgan fingerprint density at radius 1 is 1.14 bits per heavy atom. The van der Waals surface area contributed by atoms with E-state index in [9.17, 15) is 22.9 Å². The second-order valence-electron chi connectivity index (χ2n) is 10.0. The number of carbonyl (C=O) groups excluding carboxylic acids is 1. The van der Waals surface area contributed by atoms with Gasteiger partial charge in [-0.05, 0) is 81.5 Å². The third kappa shape index (κ3) is 2.76. The molecule has 0 aromatic heterocycles. The van der Waals surface area contributed by atoms with E-state index in [4.69, 9.17) is 4.18 Å². The van der Waals surface area contributed by atoms with E-state index in [0.717, 1.165) is 38.5 Å². The first kappa shape index (κ1) is 20.5. The molecule has 3 saturated carbocycles. The van der Waals surface area contributed by atoms with Crippen molar-refractivity contribution < 1.29 is 27.1 Å². The monoisotopic (exact) mass is 412 g/mol. The lowest BCUT2D eigenvalue weighted by Crippen LogP contribution is -2.58. The van der Waals surface area contributed by atoms with Gasteiger partial charge in [0, 0.05) is 5.41 Å². The van der Waals surface area contributed by atoms with Crippen molar-refractivity contribution in [3.63, 3.8) is 0 Å². The van der Waals surface area contributed by atoms with Crippen molar-refractivity contribution >= 4 is 16.2 Å². The highest BCUT2D eigenvalue weighted by atomic mass is 32.3. The Kier molecular flexibility index (Phi) is 4.66. The Morgan fingerprint density at radius 2 is 1.82 bits per heavy atom. The molecule has 0 spiro atoms. The number of hydrogen-bond donors (Lipinski definition) is 2. The zero-order valence-electron chi connectivity index (χ0n) is 17.0. The minimum Gasteiger partial charge on any atom is -0.393 e. The topological polar surface area (TPSA) is 101 Å². The molecule has 0 radical (unpaired) electrons. The quantitative estimate of drug-likeness (QED) is 0.544. The number of Topliss-reactive ketones (excluding diaryl/α,β-unsaturated/α-hetero) is 1. The molecule has 2 N–H and O–H groups in total. The fourth-order valence-electron chi connectivity index (χ4n) is 7.59. The zero-order valence-corrected chi connectivity index (χ0v) is 17.8. The average Bonchev–Trinajstić information content (AvgIpc) is 2.88. The Balaban J connectivity index is 1.71. The summed E-state index contributed by atoms with van der Waals surface area (Å²) in [5, 5.41) is 10.1. The van der Waals surface area contributed by atoms with Gasteiger partial charge in [0.05, 0.1) is 6.10 Å². The Hall–Kier alpha value is -0.760.